The smallest absolute Gasteiger partial charge is 0.338 e. The molecule has 0 aromatic heterocycles. The first-order valence-electron chi connectivity index (χ1n) is 8.78. The third-order valence-corrected chi connectivity index (χ3v) is 5.84. The van der Waals surface area contributed by atoms with Gasteiger partial charge in [0.1, 0.15) is 0 Å². The number of rotatable bonds is 8. The zero-order valence-corrected chi connectivity index (χ0v) is 17.2. The lowest BCUT2D eigenvalue weighted by atomic mass is 10.1. The SMILES string of the molecule is CCC(=O)Nc1ccc(C(=O)COC(=O)c2ccc(S(=O)(=O)N(C)C)cc2)cc1. The van der Waals surface area contributed by atoms with Crippen LogP contribution >= 0.6 is 0 Å². The Morgan fingerprint density at radius 3 is 2.00 bits per heavy atom. The Morgan fingerprint density at radius 1 is 0.931 bits per heavy atom. The van der Waals surface area contributed by atoms with Crippen LogP contribution in [-0.4, -0.2) is 51.1 Å². The van der Waals surface area contributed by atoms with Crippen molar-refractivity contribution >= 4 is 33.4 Å². The summed E-state index contributed by atoms with van der Waals surface area (Å²) in [5.41, 5.74) is 1.03. The number of hydrogen-bond donors (Lipinski definition) is 1. The van der Waals surface area contributed by atoms with Gasteiger partial charge in [-0.2, -0.15) is 0 Å². The van der Waals surface area contributed by atoms with E-state index in [2.05, 4.69) is 5.32 Å². The monoisotopic (exact) mass is 418 g/mol. The van der Waals surface area contributed by atoms with Crippen LogP contribution in [-0.2, 0) is 19.6 Å². The molecule has 2 rings (SSSR count). The van der Waals surface area contributed by atoms with Gasteiger partial charge in [-0.25, -0.2) is 17.5 Å². The van der Waals surface area contributed by atoms with E-state index in [1.54, 1.807) is 19.1 Å². The van der Waals surface area contributed by atoms with Crippen molar-refractivity contribution < 1.29 is 27.5 Å². The summed E-state index contributed by atoms with van der Waals surface area (Å²) in [6, 6.07) is 11.5. The van der Waals surface area contributed by atoms with Gasteiger partial charge in [-0.3, -0.25) is 9.59 Å². The number of carbonyl (C=O) groups excluding carboxylic acids is 3. The Labute approximate surface area is 169 Å². The Hall–Kier alpha value is -3.04. The predicted molar refractivity (Wildman–Crippen MR) is 107 cm³/mol. The van der Waals surface area contributed by atoms with Gasteiger partial charge in [0.05, 0.1) is 10.5 Å². The van der Waals surface area contributed by atoms with Crippen LogP contribution in [0.1, 0.15) is 34.1 Å². The van der Waals surface area contributed by atoms with Crippen molar-refractivity contribution in [2.45, 2.75) is 18.2 Å². The van der Waals surface area contributed by atoms with Gasteiger partial charge in [0, 0.05) is 31.8 Å². The number of sulfonamides is 1. The maximum absolute atomic E-state index is 12.2. The van der Waals surface area contributed by atoms with Crippen LogP contribution in [0.2, 0.25) is 0 Å². The van der Waals surface area contributed by atoms with E-state index in [4.69, 9.17) is 4.74 Å². The Balaban J connectivity index is 1.96. The van der Waals surface area contributed by atoms with Crippen LogP contribution in [0.4, 0.5) is 5.69 Å². The largest absolute Gasteiger partial charge is 0.454 e. The van der Waals surface area contributed by atoms with Crippen LogP contribution in [0.15, 0.2) is 53.4 Å². The maximum Gasteiger partial charge on any atom is 0.338 e. The van der Waals surface area contributed by atoms with Crippen LogP contribution in [0, 0.1) is 0 Å². The fourth-order valence-electron chi connectivity index (χ4n) is 2.26. The van der Waals surface area contributed by atoms with Gasteiger partial charge in [-0.1, -0.05) is 6.92 Å². The maximum atomic E-state index is 12.2. The molecule has 0 radical (unpaired) electrons. The summed E-state index contributed by atoms with van der Waals surface area (Å²) in [4.78, 5) is 35.7. The first kappa shape index (κ1) is 22.3. The molecule has 0 fully saturated rings. The molecule has 0 saturated heterocycles. The van der Waals surface area contributed by atoms with Gasteiger partial charge >= 0.3 is 5.97 Å². The summed E-state index contributed by atoms with van der Waals surface area (Å²) < 4.78 is 30.1. The number of amides is 1. The lowest BCUT2D eigenvalue weighted by Crippen LogP contribution is -2.22. The summed E-state index contributed by atoms with van der Waals surface area (Å²) in [5, 5.41) is 2.67. The van der Waals surface area contributed by atoms with E-state index < -0.39 is 28.4 Å². The molecule has 0 atom stereocenters. The minimum Gasteiger partial charge on any atom is -0.454 e. The number of anilines is 1. The molecular weight excluding hydrogens is 396 g/mol. The second-order valence-electron chi connectivity index (χ2n) is 6.29. The average molecular weight is 418 g/mol. The van der Waals surface area contributed by atoms with E-state index in [1.165, 1.54) is 50.5 Å². The molecule has 1 N–H and O–H groups in total. The fourth-order valence-corrected chi connectivity index (χ4v) is 3.16. The molecule has 154 valence electrons. The van der Waals surface area contributed by atoms with E-state index in [9.17, 15) is 22.8 Å². The summed E-state index contributed by atoms with van der Waals surface area (Å²) in [6.45, 7) is 1.27. The van der Waals surface area contributed by atoms with Gasteiger partial charge in [0.15, 0.2) is 12.4 Å². The zero-order chi connectivity index (χ0) is 21.6. The van der Waals surface area contributed by atoms with Gasteiger partial charge in [-0.15, -0.1) is 0 Å². The Bertz CT molecular complexity index is 996. The second-order valence-corrected chi connectivity index (χ2v) is 8.44. The standard InChI is InChI=1S/C20H22N2O6S/c1-4-19(24)21-16-9-5-14(6-10-16)18(23)13-28-20(25)15-7-11-17(12-8-15)29(26,27)22(2)3/h5-12H,4,13H2,1-3H3,(H,21,24). The highest BCUT2D eigenvalue weighted by atomic mass is 32.2. The number of ketones is 1. The Kier molecular flexibility index (Phi) is 7.24. The molecule has 2 aromatic rings. The first-order valence-corrected chi connectivity index (χ1v) is 10.2. The number of hydrogen-bond acceptors (Lipinski definition) is 6. The number of carbonyl (C=O) groups is 3. The first-order chi connectivity index (χ1) is 13.6. The number of ether oxygens (including phenoxy) is 1. The highest BCUT2D eigenvalue weighted by Crippen LogP contribution is 2.15. The molecule has 29 heavy (non-hydrogen) atoms. The van der Waals surface area contributed by atoms with E-state index in [-0.39, 0.29) is 16.4 Å². The minimum absolute atomic E-state index is 0.0466. The van der Waals surface area contributed by atoms with Crippen molar-refractivity contribution in [2.75, 3.05) is 26.0 Å². The quantitative estimate of drug-likeness (QED) is 0.520. The van der Waals surface area contributed by atoms with Crippen LogP contribution in [0.5, 0.6) is 0 Å². The molecule has 8 nitrogen and oxygen atoms in total. The highest BCUT2D eigenvalue weighted by Gasteiger charge is 2.18. The molecule has 0 aliphatic heterocycles. The van der Waals surface area contributed by atoms with Crippen molar-refractivity contribution in [1.29, 1.82) is 0 Å². The molecule has 0 aliphatic carbocycles. The second kappa shape index (κ2) is 9.44. The summed E-state index contributed by atoms with van der Waals surface area (Å²) in [5.74, 6) is -1.28. The van der Waals surface area contributed by atoms with Crippen molar-refractivity contribution in [3.63, 3.8) is 0 Å². The number of nitrogens with one attached hydrogen (secondary N) is 1. The number of benzene rings is 2. The molecular formula is C20H22N2O6S. The molecule has 0 saturated carbocycles. The lowest BCUT2D eigenvalue weighted by molar-refractivity contribution is -0.115. The van der Waals surface area contributed by atoms with Gasteiger partial charge in [0.25, 0.3) is 0 Å². The molecule has 9 heteroatoms. The topological polar surface area (TPSA) is 110 Å². The molecule has 1 amide bonds. The number of esters is 1. The highest BCUT2D eigenvalue weighted by molar-refractivity contribution is 7.89. The summed E-state index contributed by atoms with van der Waals surface area (Å²) in [6.07, 6.45) is 0.346. The normalized spacial score (nSPS) is 11.2. The summed E-state index contributed by atoms with van der Waals surface area (Å²) >= 11 is 0. The van der Waals surface area contributed by atoms with Gasteiger partial charge < -0.3 is 10.1 Å². The van der Waals surface area contributed by atoms with Crippen molar-refractivity contribution in [3.05, 3.63) is 59.7 Å². The van der Waals surface area contributed by atoms with E-state index in [0.29, 0.717) is 17.7 Å². The molecule has 0 aliphatic rings. The molecule has 0 bridgehead atoms. The summed E-state index contributed by atoms with van der Waals surface area (Å²) in [7, 11) is -0.773. The van der Waals surface area contributed by atoms with Crippen molar-refractivity contribution in [3.8, 4) is 0 Å². The number of nitrogens with zero attached hydrogens (tertiary/aromatic N) is 1. The molecule has 0 unspecified atom stereocenters. The third-order valence-electron chi connectivity index (χ3n) is 4.01. The fraction of sp³-hybridized carbons (Fsp3) is 0.250. The minimum atomic E-state index is -3.59. The van der Waals surface area contributed by atoms with Gasteiger partial charge in [-0.05, 0) is 48.5 Å². The van der Waals surface area contributed by atoms with Crippen LogP contribution < -0.4 is 5.32 Å². The number of Topliss-reactive ketones (excluding diaryl/α,β-unsaturated/α-hetero) is 1. The lowest BCUT2D eigenvalue weighted by Gasteiger charge is -2.11. The molecule has 2 aromatic carbocycles. The van der Waals surface area contributed by atoms with E-state index >= 15 is 0 Å². The third kappa shape index (κ3) is 5.72. The van der Waals surface area contributed by atoms with Crippen molar-refractivity contribution in [1.82, 2.24) is 4.31 Å². The van der Waals surface area contributed by atoms with Gasteiger partial charge in [0.2, 0.25) is 15.9 Å². The molecule has 0 spiro atoms. The van der Waals surface area contributed by atoms with Crippen molar-refractivity contribution in [2.24, 2.45) is 0 Å². The predicted octanol–water partition coefficient (Wildman–Crippen LogP) is 2.33. The Morgan fingerprint density at radius 2 is 1.48 bits per heavy atom. The van der Waals surface area contributed by atoms with E-state index in [1.807, 2.05) is 0 Å². The average Bonchev–Trinajstić information content (AvgIpc) is 2.72. The molecule has 0 heterocycles. The van der Waals surface area contributed by atoms with E-state index in [0.717, 1.165) is 4.31 Å². The van der Waals surface area contributed by atoms with Crippen LogP contribution in [0.25, 0.3) is 0 Å². The van der Waals surface area contributed by atoms with Crippen LogP contribution in [0.3, 0.4) is 0 Å². The zero-order valence-electron chi connectivity index (χ0n) is 16.3.